The highest BCUT2D eigenvalue weighted by Gasteiger charge is 2.22. The van der Waals surface area contributed by atoms with E-state index in [1.54, 1.807) is 21.8 Å². The molecule has 92 valence electrons. The summed E-state index contributed by atoms with van der Waals surface area (Å²) in [6.45, 7) is -0.589. The zero-order valence-corrected chi connectivity index (χ0v) is 10.8. The Bertz CT molecular complexity index is 555. The number of hydrogen-bond donors (Lipinski definition) is 1. The summed E-state index contributed by atoms with van der Waals surface area (Å²) in [4.78, 5) is 25.3. The Morgan fingerprint density at radius 2 is 2.18 bits per heavy atom. The molecule has 0 bridgehead atoms. The molecule has 0 radical (unpaired) electrons. The SMILES string of the molecule is O=c1c(C=CBr)cn(C2CCC2)c(=O)n1CO. The van der Waals surface area contributed by atoms with Crippen molar-refractivity contribution in [1.29, 1.82) is 0 Å². The van der Waals surface area contributed by atoms with E-state index < -0.39 is 18.0 Å². The molecular formula is C11H13BrN2O3. The fourth-order valence-electron chi connectivity index (χ4n) is 1.88. The van der Waals surface area contributed by atoms with E-state index in [0.717, 1.165) is 23.8 Å². The van der Waals surface area contributed by atoms with Crippen molar-refractivity contribution in [3.63, 3.8) is 0 Å². The summed E-state index contributed by atoms with van der Waals surface area (Å²) in [5, 5.41) is 9.10. The molecule has 1 fully saturated rings. The van der Waals surface area contributed by atoms with Crippen molar-refractivity contribution < 1.29 is 5.11 Å². The molecule has 1 heterocycles. The molecule has 0 unspecified atom stereocenters. The van der Waals surface area contributed by atoms with Gasteiger partial charge in [0.15, 0.2) is 0 Å². The van der Waals surface area contributed by atoms with E-state index in [-0.39, 0.29) is 6.04 Å². The Labute approximate surface area is 106 Å². The Kier molecular flexibility index (Phi) is 3.63. The van der Waals surface area contributed by atoms with Crippen LogP contribution in [-0.2, 0) is 6.73 Å². The first kappa shape index (κ1) is 12.3. The summed E-state index contributed by atoms with van der Waals surface area (Å²) in [6, 6.07) is 0.156. The molecule has 2 rings (SSSR count). The Balaban J connectivity index is 2.63. The van der Waals surface area contributed by atoms with Crippen LogP contribution >= 0.6 is 15.9 Å². The lowest BCUT2D eigenvalue weighted by Crippen LogP contribution is -2.43. The van der Waals surface area contributed by atoms with Gasteiger partial charge >= 0.3 is 5.69 Å². The number of nitrogens with zero attached hydrogens (tertiary/aromatic N) is 2. The van der Waals surface area contributed by atoms with Crippen LogP contribution in [0.4, 0.5) is 0 Å². The van der Waals surface area contributed by atoms with Gasteiger partial charge in [0.05, 0.1) is 5.56 Å². The summed E-state index contributed by atoms with van der Waals surface area (Å²) in [5.74, 6) is 0. The Morgan fingerprint density at radius 3 is 2.65 bits per heavy atom. The predicted molar refractivity (Wildman–Crippen MR) is 68.0 cm³/mol. The first-order valence-corrected chi connectivity index (χ1v) is 6.34. The summed E-state index contributed by atoms with van der Waals surface area (Å²) in [6.07, 6.45) is 6.13. The fourth-order valence-corrected chi connectivity index (χ4v) is 2.16. The highest BCUT2D eigenvalue weighted by atomic mass is 79.9. The van der Waals surface area contributed by atoms with Crippen LogP contribution in [-0.4, -0.2) is 14.2 Å². The first-order chi connectivity index (χ1) is 8.19. The third kappa shape index (κ3) is 2.14. The van der Waals surface area contributed by atoms with Gasteiger partial charge in [0.2, 0.25) is 0 Å². The zero-order chi connectivity index (χ0) is 12.4. The van der Waals surface area contributed by atoms with Crippen molar-refractivity contribution in [2.24, 2.45) is 0 Å². The van der Waals surface area contributed by atoms with Crippen LogP contribution in [0.15, 0.2) is 20.8 Å². The van der Waals surface area contributed by atoms with Gasteiger partial charge in [0.25, 0.3) is 5.56 Å². The number of hydrogen-bond acceptors (Lipinski definition) is 3. The van der Waals surface area contributed by atoms with E-state index in [9.17, 15) is 9.59 Å². The van der Waals surface area contributed by atoms with Crippen LogP contribution in [0.5, 0.6) is 0 Å². The van der Waals surface area contributed by atoms with Gasteiger partial charge in [0.1, 0.15) is 6.73 Å². The van der Waals surface area contributed by atoms with Crippen molar-refractivity contribution in [2.75, 3.05) is 0 Å². The van der Waals surface area contributed by atoms with Gasteiger partial charge in [-0.25, -0.2) is 9.36 Å². The van der Waals surface area contributed by atoms with Gasteiger partial charge in [-0.3, -0.25) is 9.36 Å². The molecule has 0 atom stereocenters. The second-order valence-corrected chi connectivity index (χ2v) is 4.55. The minimum atomic E-state index is -0.589. The number of aromatic nitrogens is 2. The van der Waals surface area contributed by atoms with E-state index in [1.165, 1.54) is 0 Å². The molecule has 0 amide bonds. The normalized spacial score (nSPS) is 16.4. The van der Waals surface area contributed by atoms with Gasteiger partial charge in [-0.05, 0) is 30.3 Å². The van der Waals surface area contributed by atoms with Crippen molar-refractivity contribution in [3.05, 3.63) is 37.6 Å². The minimum Gasteiger partial charge on any atom is -0.376 e. The van der Waals surface area contributed by atoms with Crippen LogP contribution in [0.25, 0.3) is 6.08 Å². The highest BCUT2D eigenvalue weighted by molar-refractivity contribution is 9.11. The standard InChI is InChI=1S/C11H13BrN2O3/c12-5-4-8-6-13(9-2-1-3-9)11(17)14(7-15)10(8)16/h4-6,9,15H,1-3,7H2. The Morgan fingerprint density at radius 1 is 1.47 bits per heavy atom. The third-order valence-electron chi connectivity index (χ3n) is 3.07. The lowest BCUT2D eigenvalue weighted by atomic mass is 9.93. The molecular weight excluding hydrogens is 288 g/mol. The molecule has 1 N–H and O–H groups in total. The summed E-state index contributed by atoms with van der Waals surface area (Å²) >= 11 is 3.10. The second kappa shape index (κ2) is 5.01. The van der Waals surface area contributed by atoms with E-state index in [0.29, 0.717) is 5.56 Å². The predicted octanol–water partition coefficient (Wildman–Crippen LogP) is 1.05. The molecule has 1 aromatic rings. The minimum absolute atomic E-state index is 0.156. The second-order valence-electron chi connectivity index (χ2n) is 4.03. The first-order valence-electron chi connectivity index (χ1n) is 5.42. The summed E-state index contributed by atoms with van der Waals surface area (Å²) in [5.41, 5.74) is -0.514. The van der Waals surface area contributed by atoms with Crippen LogP contribution in [0.3, 0.4) is 0 Å². The van der Waals surface area contributed by atoms with E-state index in [4.69, 9.17) is 5.11 Å². The van der Waals surface area contributed by atoms with Gasteiger partial charge in [-0.1, -0.05) is 15.9 Å². The number of rotatable bonds is 3. The summed E-state index contributed by atoms with van der Waals surface area (Å²) < 4.78 is 2.39. The maximum Gasteiger partial charge on any atom is 0.333 e. The van der Waals surface area contributed by atoms with Gasteiger partial charge < -0.3 is 5.11 Å². The number of aliphatic hydroxyl groups excluding tert-OH is 1. The number of aliphatic hydroxyl groups is 1. The van der Waals surface area contributed by atoms with Crippen molar-refractivity contribution in [3.8, 4) is 0 Å². The fraction of sp³-hybridized carbons (Fsp3) is 0.455. The lowest BCUT2D eigenvalue weighted by Gasteiger charge is -2.28. The monoisotopic (exact) mass is 300 g/mol. The van der Waals surface area contributed by atoms with E-state index in [2.05, 4.69) is 15.9 Å². The molecule has 1 aliphatic rings. The topological polar surface area (TPSA) is 64.2 Å². The zero-order valence-electron chi connectivity index (χ0n) is 9.17. The quantitative estimate of drug-likeness (QED) is 0.907. The molecule has 0 aromatic carbocycles. The molecule has 0 aliphatic heterocycles. The number of halogens is 1. The van der Waals surface area contributed by atoms with Crippen LogP contribution < -0.4 is 11.2 Å². The molecule has 5 nitrogen and oxygen atoms in total. The summed E-state index contributed by atoms with van der Waals surface area (Å²) in [7, 11) is 0. The maximum atomic E-state index is 11.9. The average Bonchev–Trinajstić information content (AvgIpc) is 2.23. The molecule has 1 saturated carbocycles. The van der Waals surface area contributed by atoms with Crippen LogP contribution in [0.1, 0.15) is 30.9 Å². The van der Waals surface area contributed by atoms with Gasteiger partial charge in [-0.2, -0.15) is 0 Å². The largest absolute Gasteiger partial charge is 0.376 e. The van der Waals surface area contributed by atoms with Crippen molar-refractivity contribution in [2.45, 2.75) is 32.0 Å². The average molecular weight is 301 g/mol. The van der Waals surface area contributed by atoms with Crippen LogP contribution in [0.2, 0.25) is 0 Å². The molecule has 6 heteroatoms. The smallest absolute Gasteiger partial charge is 0.333 e. The molecule has 0 spiro atoms. The molecule has 0 saturated heterocycles. The van der Waals surface area contributed by atoms with Gasteiger partial charge in [-0.15, -0.1) is 0 Å². The van der Waals surface area contributed by atoms with Crippen molar-refractivity contribution in [1.82, 2.24) is 9.13 Å². The van der Waals surface area contributed by atoms with Crippen molar-refractivity contribution >= 4 is 22.0 Å². The lowest BCUT2D eigenvalue weighted by molar-refractivity contribution is 0.191. The van der Waals surface area contributed by atoms with Gasteiger partial charge in [0, 0.05) is 12.2 Å². The van der Waals surface area contributed by atoms with E-state index >= 15 is 0 Å². The molecule has 1 aliphatic carbocycles. The van der Waals surface area contributed by atoms with Crippen LogP contribution in [0, 0.1) is 0 Å². The Hall–Kier alpha value is -1.14. The maximum absolute atomic E-state index is 11.9. The molecule has 1 aromatic heterocycles. The van der Waals surface area contributed by atoms with E-state index in [1.807, 2.05) is 0 Å². The third-order valence-corrected chi connectivity index (χ3v) is 3.34. The molecule has 17 heavy (non-hydrogen) atoms. The highest BCUT2D eigenvalue weighted by Crippen LogP contribution is 2.29.